The van der Waals surface area contributed by atoms with Gasteiger partial charge in [0.1, 0.15) is 12.1 Å². The molecule has 2 fully saturated rings. The number of rotatable bonds is 3. The Bertz CT molecular complexity index is 445. The van der Waals surface area contributed by atoms with Gasteiger partial charge >= 0.3 is 12.0 Å². The van der Waals surface area contributed by atoms with Crippen molar-refractivity contribution in [1.82, 2.24) is 14.7 Å². The summed E-state index contributed by atoms with van der Waals surface area (Å²) in [4.78, 5) is 40.2. The summed E-state index contributed by atoms with van der Waals surface area (Å²) in [5.41, 5.74) is -0.935. The minimum atomic E-state index is -1.02. The Morgan fingerprint density at radius 1 is 1.35 bits per heavy atom. The second-order valence-electron chi connectivity index (χ2n) is 5.97. The molecule has 112 valence electrons. The van der Waals surface area contributed by atoms with Gasteiger partial charge in [0, 0.05) is 26.2 Å². The standard InChI is InChI=1S/C13H21N3O4/c1-13(2)11(19)14(3)6-7-16(13)12(20)15(8-10(17)18)9-4-5-9/h9H,4-8H2,1-3H3,(H,17,18). The van der Waals surface area contributed by atoms with Crippen LogP contribution in [0.15, 0.2) is 0 Å². The van der Waals surface area contributed by atoms with Crippen molar-refractivity contribution in [2.45, 2.75) is 38.3 Å². The van der Waals surface area contributed by atoms with Crippen LogP contribution < -0.4 is 0 Å². The third kappa shape index (κ3) is 2.57. The fourth-order valence-electron chi connectivity index (χ4n) is 2.59. The Labute approximate surface area is 118 Å². The van der Waals surface area contributed by atoms with Crippen LogP contribution in [0.5, 0.6) is 0 Å². The van der Waals surface area contributed by atoms with Gasteiger partial charge in [0.15, 0.2) is 0 Å². The SMILES string of the molecule is CN1CCN(C(=O)N(CC(=O)O)C2CC2)C(C)(C)C1=O. The molecule has 7 nitrogen and oxygen atoms in total. The lowest BCUT2D eigenvalue weighted by Gasteiger charge is -2.46. The van der Waals surface area contributed by atoms with Crippen molar-refractivity contribution in [3.63, 3.8) is 0 Å². The first kappa shape index (κ1) is 14.6. The minimum absolute atomic E-state index is 0.00385. The predicted molar refractivity (Wildman–Crippen MR) is 71.2 cm³/mol. The zero-order valence-electron chi connectivity index (χ0n) is 12.1. The molecule has 1 aliphatic heterocycles. The molecule has 1 aliphatic carbocycles. The monoisotopic (exact) mass is 283 g/mol. The maximum absolute atomic E-state index is 12.6. The van der Waals surface area contributed by atoms with E-state index in [-0.39, 0.29) is 24.5 Å². The molecule has 0 bridgehead atoms. The highest BCUT2D eigenvalue weighted by molar-refractivity contribution is 5.92. The first-order valence-corrected chi connectivity index (χ1v) is 6.80. The molecule has 0 aromatic heterocycles. The van der Waals surface area contributed by atoms with Crippen molar-refractivity contribution in [3.05, 3.63) is 0 Å². The highest BCUT2D eigenvalue weighted by atomic mass is 16.4. The van der Waals surface area contributed by atoms with Crippen LogP contribution >= 0.6 is 0 Å². The number of carboxylic acid groups (broad SMARTS) is 1. The summed E-state index contributed by atoms with van der Waals surface area (Å²) in [6.07, 6.45) is 1.67. The predicted octanol–water partition coefficient (Wildman–Crippen LogP) is 0.208. The van der Waals surface area contributed by atoms with E-state index in [2.05, 4.69) is 0 Å². The quantitative estimate of drug-likeness (QED) is 0.802. The number of hydrogen-bond donors (Lipinski definition) is 1. The number of urea groups is 1. The van der Waals surface area contributed by atoms with Gasteiger partial charge < -0.3 is 19.8 Å². The van der Waals surface area contributed by atoms with Crippen LogP contribution in [0.4, 0.5) is 4.79 Å². The fourth-order valence-corrected chi connectivity index (χ4v) is 2.59. The van der Waals surface area contributed by atoms with Gasteiger partial charge in [0.2, 0.25) is 5.91 Å². The number of likely N-dealkylation sites (N-methyl/N-ethyl adjacent to an activating group) is 1. The van der Waals surface area contributed by atoms with Crippen molar-refractivity contribution < 1.29 is 19.5 Å². The third-order valence-electron chi connectivity index (χ3n) is 3.97. The smallest absolute Gasteiger partial charge is 0.323 e. The molecule has 2 rings (SSSR count). The van der Waals surface area contributed by atoms with Gasteiger partial charge in [-0.25, -0.2) is 4.79 Å². The largest absolute Gasteiger partial charge is 0.480 e. The molecular formula is C13H21N3O4. The summed E-state index contributed by atoms with van der Waals surface area (Å²) in [5.74, 6) is -1.15. The van der Waals surface area contributed by atoms with E-state index < -0.39 is 11.5 Å². The Hall–Kier alpha value is -1.79. The maximum atomic E-state index is 12.6. The normalized spacial score (nSPS) is 21.9. The molecule has 2 aliphatic rings. The van der Waals surface area contributed by atoms with Crippen molar-refractivity contribution >= 4 is 17.9 Å². The van der Waals surface area contributed by atoms with Crippen LogP contribution in [0.1, 0.15) is 26.7 Å². The third-order valence-corrected chi connectivity index (χ3v) is 3.97. The molecule has 7 heteroatoms. The minimum Gasteiger partial charge on any atom is -0.480 e. The van der Waals surface area contributed by atoms with Gasteiger partial charge in [-0.2, -0.15) is 0 Å². The molecule has 20 heavy (non-hydrogen) atoms. The van der Waals surface area contributed by atoms with Gasteiger partial charge in [0.05, 0.1) is 0 Å². The Morgan fingerprint density at radius 3 is 2.45 bits per heavy atom. The topological polar surface area (TPSA) is 81.2 Å². The molecule has 0 aromatic carbocycles. The second kappa shape index (κ2) is 4.96. The van der Waals surface area contributed by atoms with E-state index in [0.29, 0.717) is 13.1 Å². The summed E-state index contributed by atoms with van der Waals surface area (Å²) >= 11 is 0. The molecule has 3 amide bonds. The highest BCUT2D eigenvalue weighted by Gasteiger charge is 2.46. The molecule has 0 radical (unpaired) electrons. The van der Waals surface area contributed by atoms with Gasteiger partial charge in [0.25, 0.3) is 0 Å². The fraction of sp³-hybridized carbons (Fsp3) is 0.769. The summed E-state index contributed by atoms with van der Waals surface area (Å²) in [6.45, 7) is 4.00. The van der Waals surface area contributed by atoms with Crippen LogP contribution in [0.25, 0.3) is 0 Å². The molecule has 1 saturated heterocycles. The van der Waals surface area contributed by atoms with Crippen LogP contribution in [-0.2, 0) is 9.59 Å². The number of amides is 3. The number of hydrogen-bond acceptors (Lipinski definition) is 3. The van der Waals surface area contributed by atoms with Crippen molar-refractivity contribution in [2.24, 2.45) is 0 Å². The average Bonchev–Trinajstić information content (AvgIpc) is 3.16. The van der Waals surface area contributed by atoms with Crippen molar-refractivity contribution in [2.75, 3.05) is 26.7 Å². The van der Waals surface area contributed by atoms with Gasteiger partial charge in [-0.1, -0.05) is 0 Å². The molecule has 0 unspecified atom stereocenters. The van der Waals surface area contributed by atoms with E-state index in [9.17, 15) is 14.4 Å². The number of carboxylic acids is 1. The molecule has 0 atom stereocenters. The zero-order chi connectivity index (χ0) is 15.1. The summed E-state index contributed by atoms with van der Waals surface area (Å²) in [5, 5.41) is 8.94. The lowest BCUT2D eigenvalue weighted by molar-refractivity contribution is -0.145. The van der Waals surface area contributed by atoms with E-state index in [1.807, 2.05) is 0 Å². The number of nitrogens with zero attached hydrogens (tertiary/aromatic N) is 3. The number of carbonyl (C=O) groups excluding carboxylic acids is 2. The molecule has 0 spiro atoms. The van der Waals surface area contributed by atoms with E-state index in [4.69, 9.17) is 5.11 Å². The van der Waals surface area contributed by atoms with Crippen LogP contribution in [0.2, 0.25) is 0 Å². The zero-order valence-corrected chi connectivity index (χ0v) is 12.1. The Kier molecular flexibility index (Phi) is 3.62. The lowest BCUT2D eigenvalue weighted by Crippen LogP contribution is -2.66. The van der Waals surface area contributed by atoms with Crippen LogP contribution in [0, 0.1) is 0 Å². The Balaban J connectivity index is 2.18. The number of carbonyl (C=O) groups is 3. The summed E-state index contributed by atoms with van der Waals surface area (Å²) in [6, 6.07) is -0.342. The molecule has 0 aromatic rings. The van der Waals surface area contributed by atoms with Crippen molar-refractivity contribution in [3.8, 4) is 0 Å². The maximum Gasteiger partial charge on any atom is 0.323 e. The average molecular weight is 283 g/mol. The molecule has 1 saturated carbocycles. The van der Waals surface area contributed by atoms with Gasteiger partial charge in [-0.05, 0) is 26.7 Å². The van der Waals surface area contributed by atoms with Crippen molar-refractivity contribution in [1.29, 1.82) is 0 Å². The second-order valence-corrected chi connectivity index (χ2v) is 5.97. The van der Waals surface area contributed by atoms with Crippen LogP contribution in [0.3, 0.4) is 0 Å². The van der Waals surface area contributed by atoms with E-state index in [1.54, 1.807) is 25.8 Å². The summed E-state index contributed by atoms with van der Waals surface area (Å²) in [7, 11) is 1.71. The van der Waals surface area contributed by atoms with Gasteiger partial charge in [-0.15, -0.1) is 0 Å². The Morgan fingerprint density at radius 2 is 1.95 bits per heavy atom. The first-order chi connectivity index (χ1) is 9.25. The van der Waals surface area contributed by atoms with E-state index in [0.717, 1.165) is 12.8 Å². The molecule has 1 N–H and O–H groups in total. The van der Waals surface area contributed by atoms with Crippen LogP contribution in [-0.4, -0.2) is 76.0 Å². The number of aliphatic carboxylic acids is 1. The molecular weight excluding hydrogens is 262 g/mol. The number of piperazine rings is 1. The summed E-state index contributed by atoms with van der Waals surface area (Å²) < 4.78 is 0. The lowest BCUT2D eigenvalue weighted by atomic mass is 9.98. The first-order valence-electron chi connectivity index (χ1n) is 6.80. The van der Waals surface area contributed by atoms with E-state index in [1.165, 1.54) is 9.80 Å². The highest BCUT2D eigenvalue weighted by Crippen LogP contribution is 2.30. The van der Waals surface area contributed by atoms with Gasteiger partial charge in [-0.3, -0.25) is 9.59 Å². The molecule has 1 heterocycles. The van der Waals surface area contributed by atoms with E-state index >= 15 is 0 Å².